The predicted molar refractivity (Wildman–Crippen MR) is 95.3 cm³/mol. The lowest BCUT2D eigenvalue weighted by molar-refractivity contribution is 0.0786. The second-order valence-corrected chi connectivity index (χ2v) is 9.26. The zero-order chi connectivity index (χ0) is 15.4. The quantitative estimate of drug-likeness (QED) is 0.654. The van der Waals surface area contributed by atoms with Gasteiger partial charge in [-0.3, -0.25) is 4.79 Å². The molecule has 0 aliphatic carbocycles. The fraction of sp³-hybridized carbons (Fsp3) is 0.312. The molecule has 5 heteroatoms. The number of benzene rings is 1. The first-order chi connectivity index (χ1) is 9.95. The average molecular weight is 384 g/mol. The first kappa shape index (κ1) is 16.6. The number of nitrogens with zero attached hydrogens (tertiary/aromatic N) is 1. The molecule has 0 aliphatic rings. The van der Waals surface area contributed by atoms with Crippen LogP contribution in [0.25, 0.3) is 0 Å². The summed E-state index contributed by atoms with van der Waals surface area (Å²) in [5, 5.41) is 0.548. The van der Waals surface area contributed by atoms with Gasteiger partial charge in [-0.15, -0.1) is 23.1 Å². The van der Waals surface area contributed by atoms with E-state index in [1.807, 2.05) is 43.4 Å². The lowest BCUT2D eigenvalue weighted by atomic mass is 10.2. The summed E-state index contributed by atoms with van der Waals surface area (Å²) in [5.41, 5.74) is 0.737. The third-order valence-electron chi connectivity index (χ3n) is 2.84. The lowest BCUT2D eigenvalue weighted by Gasteiger charge is -2.16. The highest BCUT2D eigenvalue weighted by Crippen LogP contribution is 2.25. The van der Waals surface area contributed by atoms with Crippen molar-refractivity contribution in [2.75, 3.05) is 7.05 Å². The number of hydrogen-bond acceptors (Lipinski definition) is 3. The molecule has 0 atom stereocenters. The largest absolute Gasteiger partial charge is 0.337 e. The van der Waals surface area contributed by atoms with Gasteiger partial charge in [-0.05, 0) is 52.3 Å². The molecule has 0 fully saturated rings. The highest BCUT2D eigenvalue weighted by atomic mass is 79.9. The summed E-state index contributed by atoms with van der Waals surface area (Å²) in [6.45, 7) is 4.96. The Morgan fingerprint density at radius 3 is 2.43 bits per heavy atom. The van der Waals surface area contributed by atoms with Gasteiger partial charge in [-0.2, -0.15) is 0 Å². The molecule has 0 unspecified atom stereocenters. The second kappa shape index (κ2) is 7.47. The number of rotatable bonds is 5. The molecule has 0 bridgehead atoms. The van der Waals surface area contributed by atoms with Crippen molar-refractivity contribution < 1.29 is 4.79 Å². The van der Waals surface area contributed by atoms with Crippen LogP contribution in [-0.2, 0) is 6.54 Å². The van der Waals surface area contributed by atoms with Gasteiger partial charge in [0.2, 0.25) is 0 Å². The van der Waals surface area contributed by atoms with Gasteiger partial charge in [0.1, 0.15) is 0 Å². The van der Waals surface area contributed by atoms with E-state index in [0.29, 0.717) is 11.8 Å². The number of carbonyl (C=O) groups is 1. The molecule has 0 radical (unpaired) electrons. The molecular formula is C16H18BrNOS2. The van der Waals surface area contributed by atoms with E-state index in [2.05, 4.69) is 29.8 Å². The summed E-state index contributed by atoms with van der Waals surface area (Å²) in [6.07, 6.45) is 0. The number of thioether (sulfide) groups is 1. The summed E-state index contributed by atoms with van der Waals surface area (Å²) in [6, 6.07) is 11.9. The minimum atomic E-state index is 0.0561. The van der Waals surface area contributed by atoms with Crippen molar-refractivity contribution in [2.45, 2.75) is 30.5 Å². The van der Waals surface area contributed by atoms with Gasteiger partial charge in [0, 0.05) is 27.6 Å². The Morgan fingerprint density at radius 1 is 1.24 bits per heavy atom. The molecule has 1 aromatic carbocycles. The molecule has 2 aromatic rings. The number of amides is 1. The second-order valence-electron chi connectivity index (χ2n) is 5.06. The number of carbonyl (C=O) groups excluding carboxylic acids is 1. The van der Waals surface area contributed by atoms with Crippen molar-refractivity contribution in [3.8, 4) is 0 Å². The van der Waals surface area contributed by atoms with Crippen LogP contribution >= 0.6 is 39.0 Å². The van der Waals surface area contributed by atoms with Crippen molar-refractivity contribution in [2.24, 2.45) is 0 Å². The van der Waals surface area contributed by atoms with Crippen molar-refractivity contribution >= 4 is 44.9 Å². The topological polar surface area (TPSA) is 20.3 Å². The van der Waals surface area contributed by atoms with E-state index in [0.717, 1.165) is 9.35 Å². The number of hydrogen-bond donors (Lipinski definition) is 0. The van der Waals surface area contributed by atoms with E-state index >= 15 is 0 Å². The predicted octanol–water partition coefficient (Wildman–Crippen LogP) is 5.28. The Kier molecular flexibility index (Phi) is 5.90. The molecule has 2 nitrogen and oxygen atoms in total. The van der Waals surface area contributed by atoms with Crippen LogP contribution in [0.5, 0.6) is 0 Å². The Hall–Kier alpha value is -0.780. The van der Waals surface area contributed by atoms with Crippen LogP contribution in [0.15, 0.2) is 45.1 Å². The summed E-state index contributed by atoms with van der Waals surface area (Å²) in [4.78, 5) is 16.5. The molecule has 0 N–H and O–H groups in total. The Balaban J connectivity index is 2.01. The summed E-state index contributed by atoms with van der Waals surface area (Å²) in [5.74, 6) is 0.0561. The summed E-state index contributed by atoms with van der Waals surface area (Å²) in [7, 11) is 1.84. The van der Waals surface area contributed by atoms with E-state index in [1.54, 1.807) is 28.0 Å². The average Bonchev–Trinajstić information content (AvgIpc) is 2.83. The van der Waals surface area contributed by atoms with Crippen LogP contribution in [0.4, 0.5) is 0 Å². The first-order valence-electron chi connectivity index (χ1n) is 6.72. The van der Waals surface area contributed by atoms with E-state index in [4.69, 9.17) is 0 Å². The molecule has 1 aromatic heterocycles. The molecule has 0 saturated carbocycles. The van der Waals surface area contributed by atoms with Gasteiger partial charge in [0.15, 0.2) is 0 Å². The zero-order valence-corrected chi connectivity index (χ0v) is 15.5. The van der Waals surface area contributed by atoms with Crippen molar-refractivity contribution in [3.63, 3.8) is 0 Å². The SMILES string of the molecule is CC(C)Sc1ccc(C(=O)N(C)Cc2ccc(Br)s2)cc1. The van der Waals surface area contributed by atoms with Gasteiger partial charge >= 0.3 is 0 Å². The molecule has 0 aliphatic heterocycles. The first-order valence-corrected chi connectivity index (χ1v) is 9.21. The van der Waals surface area contributed by atoms with Gasteiger partial charge in [-0.1, -0.05) is 13.8 Å². The van der Waals surface area contributed by atoms with Crippen LogP contribution in [-0.4, -0.2) is 23.1 Å². The minimum Gasteiger partial charge on any atom is -0.337 e. The van der Waals surface area contributed by atoms with Crippen LogP contribution in [0.1, 0.15) is 29.1 Å². The molecule has 2 rings (SSSR count). The van der Waals surface area contributed by atoms with E-state index in [9.17, 15) is 4.79 Å². The Morgan fingerprint density at radius 2 is 1.90 bits per heavy atom. The van der Waals surface area contributed by atoms with E-state index in [-0.39, 0.29) is 5.91 Å². The number of halogens is 1. The van der Waals surface area contributed by atoms with Crippen molar-refractivity contribution in [3.05, 3.63) is 50.6 Å². The van der Waals surface area contributed by atoms with Gasteiger partial charge in [0.25, 0.3) is 5.91 Å². The Bertz CT molecular complexity index is 607. The standard InChI is InChI=1S/C16H18BrNOS2/c1-11(2)20-13-6-4-12(5-7-13)16(19)18(3)10-14-8-9-15(17)21-14/h4-9,11H,10H2,1-3H3. The monoisotopic (exact) mass is 383 g/mol. The van der Waals surface area contributed by atoms with Crippen LogP contribution < -0.4 is 0 Å². The fourth-order valence-electron chi connectivity index (χ4n) is 1.91. The fourth-order valence-corrected chi connectivity index (χ4v) is 4.29. The summed E-state index contributed by atoms with van der Waals surface area (Å²) >= 11 is 6.91. The third-order valence-corrected chi connectivity index (χ3v) is 5.47. The third kappa shape index (κ3) is 4.87. The maximum Gasteiger partial charge on any atom is 0.253 e. The van der Waals surface area contributed by atoms with Crippen molar-refractivity contribution in [1.29, 1.82) is 0 Å². The lowest BCUT2D eigenvalue weighted by Crippen LogP contribution is -2.25. The van der Waals surface area contributed by atoms with Crippen LogP contribution in [0, 0.1) is 0 Å². The Labute approximate surface area is 142 Å². The molecule has 112 valence electrons. The summed E-state index contributed by atoms with van der Waals surface area (Å²) < 4.78 is 1.09. The normalized spacial score (nSPS) is 10.9. The number of thiophene rings is 1. The molecular weight excluding hydrogens is 366 g/mol. The van der Waals surface area contributed by atoms with Crippen LogP contribution in [0.2, 0.25) is 0 Å². The van der Waals surface area contributed by atoms with Gasteiger partial charge in [-0.25, -0.2) is 0 Å². The van der Waals surface area contributed by atoms with Crippen molar-refractivity contribution in [1.82, 2.24) is 4.90 Å². The molecule has 21 heavy (non-hydrogen) atoms. The highest BCUT2D eigenvalue weighted by Gasteiger charge is 2.13. The molecule has 0 saturated heterocycles. The van der Waals surface area contributed by atoms with Crippen LogP contribution in [0.3, 0.4) is 0 Å². The van der Waals surface area contributed by atoms with E-state index < -0.39 is 0 Å². The zero-order valence-electron chi connectivity index (χ0n) is 12.3. The van der Waals surface area contributed by atoms with Gasteiger partial charge < -0.3 is 4.90 Å². The van der Waals surface area contributed by atoms with Gasteiger partial charge in [0.05, 0.1) is 10.3 Å². The smallest absolute Gasteiger partial charge is 0.253 e. The molecule has 1 amide bonds. The maximum absolute atomic E-state index is 12.4. The minimum absolute atomic E-state index is 0.0561. The van der Waals surface area contributed by atoms with E-state index in [1.165, 1.54) is 9.77 Å². The molecule has 0 spiro atoms. The maximum atomic E-state index is 12.4. The molecule has 1 heterocycles. The highest BCUT2D eigenvalue weighted by molar-refractivity contribution is 9.11.